The smallest absolute Gasteiger partial charge is 0.410 e. The van der Waals surface area contributed by atoms with Crippen molar-refractivity contribution in [3.8, 4) is 0 Å². The van der Waals surface area contributed by atoms with Crippen molar-refractivity contribution >= 4 is 24.2 Å². The number of unbranched alkanes of at least 4 members (excludes halogenated alkanes) is 1. The summed E-state index contributed by atoms with van der Waals surface area (Å²) in [6.07, 6.45) is 0.0503. The van der Waals surface area contributed by atoms with Crippen LogP contribution in [0.25, 0.3) is 0 Å². The first-order valence-corrected chi connectivity index (χ1v) is 10.7. The first-order chi connectivity index (χ1) is 14.7. The Morgan fingerprint density at radius 2 is 1.28 bits per heavy atom. The Hall–Kier alpha value is -2.72. The number of hydrogen-bond donors (Lipinski definition) is 2. The lowest BCUT2D eigenvalue weighted by Crippen LogP contribution is -2.39. The molecule has 0 saturated heterocycles. The molecule has 0 fully saturated rings. The number of nitrogens with zero attached hydrogens (tertiary/aromatic N) is 1. The van der Waals surface area contributed by atoms with Gasteiger partial charge in [-0.2, -0.15) is 0 Å². The summed E-state index contributed by atoms with van der Waals surface area (Å²) in [7, 11) is 1.20. The highest BCUT2D eigenvalue weighted by Crippen LogP contribution is 2.11. The van der Waals surface area contributed by atoms with Crippen LogP contribution in [0.5, 0.6) is 0 Å². The maximum absolute atomic E-state index is 12.5. The number of alkyl carbamates (subject to hydrolysis) is 2. The molecule has 11 nitrogen and oxygen atoms in total. The summed E-state index contributed by atoms with van der Waals surface area (Å²) in [5.41, 5.74) is -1.21. The van der Waals surface area contributed by atoms with Gasteiger partial charge in [0.15, 0.2) is 6.61 Å². The fourth-order valence-corrected chi connectivity index (χ4v) is 2.25. The van der Waals surface area contributed by atoms with Crippen LogP contribution in [-0.4, -0.2) is 80.2 Å². The number of nitrogens with one attached hydrogen (secondary N) is 2. The van der Waals surface area contributed by atoms with Crippen LogP contribution in [0.15, 0.2) is 0 Å². The molecule has 0 aliphatic heterocycles. The van der Waals surface area contributed by atoms with E-state index in [1.54, 1.807) is 46.4 Å². The third-order valence-electron chi connectivity index (χ3n) is 3.60. The second-order valence-electron chi connectivity index (χ2n) is 9.04. The molecular weight excluding hydrogens is 422 g/mol. The lowest BCUT2D eigenvalue weighted by Gasteiger charge is -2.27. The molecule has 0 spiro atoms. The number of methoxy groups -OCH3 is 1. The standard InChI is InChI=1S/C21H39N3O8/c1-20(2,3)31-18(27)23-12-10-14-24(19(28)32-21(4,5)6)13-9-8-11-22-17(26)30-15-16(25)29-7/h8-15H2,1-7H3,(H,22,26)(H,23,27). The van der Waals surface area contributed by atoms with E-state index in [1.807, 2.05) is 0 Å². The van der Waals surface area contributed by atoms with E-state index < -0.39 is 42.1 Å². The summed E-state index contributed by atoms with van der Waals surface area (Å²) in [5.74, 6) is -0.644. The lowest BCUT2D eigenvalue weighted by molar-refractivity contribution is -0.143. The second-order valence-corrected chi connectivity index (χ2v) is 9.04. The van der Waals surface area contributed by atoms with Crippen LogP contribution in [0, 0.1) is 0 Å². The minimum atomic E-state index is -0.715. The minimum Gasteiger partial charge on any atom is -0.466 e. The first-order valence-electron chi connectivity index (χ1n) is 10.7. The van der Waals surface area contributed by atoms with Crippen molar-refractivity contribution in [2.24, 2.45) is 0 Å². The lowest BCUT2D eigenvalue weighted by atomic mass is 10.2. The van der Waals surface area contributed by atoms with Crippen LogP contribution in [0.1, 0.15) is 60.8 Å². The number of carbonyl (C=O) groups excluding carboxylic acids is 4. The molecule has 11 heteroatoms. The van der Waals surface area contributed by atoms with Crippen LogP contribution in [0.3, 0.4) is 0 Å². The summed E-state index contributed by atoms with van der Waals surface area (Å²) < 4.78 is 19.7. The third kappa shape index (κ3) is 17.0. The molecule has 0 aliphatic rings. The van der Waals surface area contributed by atoms with Gasteiger partial charge < -0.3 is 34.5 Å². The Labute approximate surface area is 190 Å². The molecule has 0 rings (SSSR count). The van der Waals surface area contributed by atoms with Crippen LogP contribution >= 0.6 is 0 Å². The van der Waals surface area contributed by atoms with Gasteiger partial charge in [-0.25, -0.2) is 19.2 Å². The average Bonchev–Trinajstić information content (AvgIpc) is 2.64. The SMILES string of the molecule is COC(=O)COC(=O)NCCCCN(CCCNC(=O)OC(C)(C)C)C(=O)OC(C)(C)C. The van der Waals surface area contributed by atoms with Gasteiger partial charge in [0.2, 0.25) is 0 Å². The number of ether oxygens (including phenoxy) is 4. The molecule has 3 amide bonds. The van der Waals surface area contributed by atoms with Gasteiger partial charge in [0, 0.05) is 26.2 Å². The first kappa shape index (κ1) is 29.3. The van der Waals surface area contributed by atoms with Crippen LogP contribution in [-0.2, 0) is 23.7 Å². The van der Waals surface area contributed by atoms with Gasteiger partial charge in [-0.05, 0) is 60.8 Å². The predicted octanol–water partition coefficient (Wildman–Crippen LogP) is 2.82. The molecule has 0 radical (unpaired) electrons. The number of amides is 3. The molecule has 0 aromatic carbocycles. The van der Waals surface area contributed by atoms with Crippen molar-refractivity contribution in [3.63, 3.8) is 0 Å². The van der Waals surface area contributed by atoms with Crippen molar-refractivity contribution in [2.45, 2.75) is 72.0 Å². The van der Waals surface area contributed by atoms with E-state index in [0.29, 0.717) is 45.4 Å². The normalized spacial score (nSPS) is 11.2. The Kier molecular flexibility index (Phi) is 13.1. The van der Waals surface area contributed by atoms with Crippen molar-refractivity contribution < 1.29 is 38.1 Å². The minimum absolute atomic E-state index is 0.322. The van der Waals surface area contributed by atoms with Gasteiger partial charge in [-0.15, -0.1) is 0 Å². The van der Waals surface area contributed by atoms with E-state index in [1.165, 1.54) is 7.11 Å². The largest absolute Gasteiger partial charge is 0.466 e. The summed E-state index contributed by atoms with van der Waals surface area (Å²) in [6, 6.07) is 0. The highest BCUT2D eigenvalue weighted by atomic mass is 16.6. The molecule has 0 aromatic heterocycles. The Balaban J connectivity index is 4.39. The molecular formula is C21H39N3O8. The van der Waals surface area contributed by atoms with Crippen LogP contribution in [0.2, 0.25) is 0 Å². The molecule has 0 atom stereocenters. The van der Waals surface area contributed by atoms with Crippen LogP contribution in [0.4, 0.5) is 14.4 Å². The quantitative estimate of drug-likeness (QED) is 0.273. The van der Waals surface area contributed by atoms with Gasteiger partial charge in [0.05, 0.1) is 7.11 Å². The van der Waals surface area contributed by atoms with E-state index in [2.05, 4.69) is 20.1 Å². The van der Waals surface area contributed by atoms with Crippen molar-refractivity contribution in [1.82, 2.24) is 15.5 Å². The summed E-state index contributed by atoms with van der Waals surface area (Å²) >= 11 is 0. The van der Waals surface area contributed by atoms with Gasteiger partial charge in [0.1, 0.15) is 11.2 Å². The Bertz CT molecular complexity index is 611. The zero-order valence-electron chi connectivity index (χ0n) is 20.4. The van der Waals surface area contributed by atoms with E-state index in [0.717, 1.165) is 0 Å². The molecule has 0 aromatic rings. The molecule has 32 heavy (non-hydrogen) atoms. The monoisotopic (exact) mass is 461 g/mol. The highest BCUT2D eigenvalue weighted by molar-refractivity contribution is 5.75. The van der Waals surface area contributed by atoms with Gasteiger partial charge >= 0.3 is 24.2 Å². The fourth-order valence-electron chi connectivity index (χ4n) is 2.25. The van der Waals surface area contributed by atoms with Gasteiger partial charge in [-0.3, -0.25) is 0 Å². The van der Waals surface area contributed by atoms with Crippen molar-refractivity contribution in [3.05, 3.63) is 0 Å². The Morgan fingerprint density at radius 3 is 1.84 bits per heavy atom. The van der Waals surface area contributed by atoms with E-state index >= 15 is 0 Å². The molecule has 186 valence electrons. The Morgan fingerprint density at radius 1 is 0.750 bits per heavy atom. The third-order valence-corrected chi connectivity index (χ3v) is 3.60. The number of rotatable bonds is 11. The van der Waals surface area contributed by atoms with Crippen LogP contribution < -0.4 is 10.6 Å². The molecule has 0 heterocycles. The number of hydrogen-bond acceptors (Lipinski definition) is 8. The van der Waals surface area contributed by atoms with Crippen molar-refractivity contribution in [1.29, 1.82) is 0 Å². The molecule has 0 saturated carbocycles. The molecule has 0 aliphatic carbocycles. The molecule has 0 unspecified atom stereocenters. The van der Waals surface area contributed by atoms with Gasteiger partial charge in [-0.1, -0.05) is 0 Å². The van der Waals surface area contributed by atoms with E-state index in [-0.39, 0.29) is 0 Å². The van der Waals surface area contributed by atoms with Crippen molar-refractivity contribution in [2.75, 3.05) is 39.9 Å². The highest BCUT2D eigenvalue weighted by Gasteiger charge is 2.22. The summed E-state index contributed by atoms with van der Waals surface area (Å²) in [5, 5.41) is 5.18. The number of esters is 1. The molecule has 2 N–H and O–H groups in total. The van der Waals surface area contributed by atoms with E-state index in [4.69, 9.17) is 9.47 Å². The summed E-state index contributed by atoms with van der Waals surface area (Å²) in [6.45, 7) is 11.7. The van der Waals surface area contributed by atoms with E-state index in [9.17, 15) is 19.2 Å². The fraction of sp³-hybridized carbons (Fsp3) is 0.810. The molecule has 0 bridgehead atoms. The predicted molar refractivity (Wildman–Crippen MR) is 117 cm³/mol. The number of carbonyl (C=O) groups is 4. The second kappa shape index (κ2) is 14.4. The van der Waals surface area contributed by atoms with Gasteiger partial charge in [0.25, 0.3) is 0 Å². The topological polar surface area (TPSA) is 132 Å². The maximum Gasteiger partial charge on any atom is 0.410 e. The summed E-state index contributed by atoms with van der Waals surface area (Å²) in [4.78, 5) is 48.2. The average molecular weight is 462 g/mol. The zero-order chi connectivity index (χ0) is 24.8. The zero-order valence-corrected chi connectivity index (χ0v) is 20.4. The maximum atomic E-state index is 12.5.